The van der Waals surface area contributed by atoms with Gasteiger partial charge in [0.25, 0.3) is 0 Å². The van der Waals surface area contributed by atoms with Crippen molar-refractivity contribution in [3.05, 3.63) is 41.0 Å². The lowest BCUT2D eigenvalue weighted by Crippen LogP contribution is -2.07. The first-order valence-corrected chi connectivity index (χ1v) is 7.15. The number of carbonyl (C=O) groups is 2. The normalized spacial score (nSPS) is 11.1. The molecule has 0 aromatic carbocycles. The van der Waals surface area contributed by atoms with E-state index in [1.165, 1.54) is 18.3 Å². The van der Waals surface area contributed by atoms with Crippen molar-refractivity contribution in [2.45, 2.75) is 13.8 Å². The molecule has 0 saturated heterocycles. The molecule has 0 spiro atoms. The molecule has 0 amide bonds. The highest BCUT2D eigenvalue weighted by atomic mass is 32.1. The lowest BCUT2D eigenvalue weighted by Gasteiger charge is -2.02. The van der Waals surface area contributed by atoms with E-state index in [-0.39, 0.29) is 11.8 Å². The van der Waals surface area contributed by atoms with Crippen LogP contribution in [0.3, 0.4) is 0 Å². The summed E-state index contributed by atoms with van der Waals surface area (Å²) < 4.78 is 7.76. The zero-order valence-corrected chi connectivity index (χ0v) is 12.0. The topological polar surface area (TPSA) is 47.8 Å². The van der Waals surface area contributed by atoms with Crippen molar-refractivity contribution in [1.29, 1.82) is 0 Å². The maximum Gasteiger partial charge on any atom is 0.356 e. The Kier molecular flexibility index (Phi) is 3.06. The minimum absolute atomic E-state index is 0.00934. The number of fused-ring (bicyclic) bond motifs is 3. The van der Waals surface area contributed by atoms with Crippen LogP contribution in [-0.2, 0) is 4.74 Å². The zero-order valence-electron chi connectivity index (χ0n) is 11.2. The first-order valence-electron chi connectivity index (χ1n) is 6.34. The van der Waals surface area contributed by atoms with Crippen molar-refractivity contribution in [1.82, 2.24) is 4.40 Å². The molecule has 0 N–H and O–H groups in total. The molecule has 3 aromatic rings. The number of aromatic nitrogens is 1. The fourth-order valence-corrected chi connectivity index (χ4v) is 3.38. The number of hydrogen-bond acceptors (Lipinski definition) is 4. The van der Waals surface area contributed by atoms with Crippen LogP contribution < -0.4 is 0 Å². The van der Waals surface area contributed by atoms with E-state index in [1.54, 1.807) is 6.92 Å². The molecule has 0 aliphatic rings. The van der Waals surface area contributed by atoms with Crippen LogP contribution in [0.25, 0.3) is 15.6 Å². The van der Waals surface area contributed by atoms with Gasteiger partial charge in [0.05, 0.1) is 21.7 Å². The summed E-state index contributed by atoms with van der Waals surface area (Å²) in [5.74, 6) is -0.351. The van der Waals surface area contributed by atoms with Gasteiger partial charge in [-0.05, 0) is 32.0 Å². The van der Waals surface area contributed by atoms with E-state index < -0.39 is 0 Å². The Labute approximate surface area is 119 Å². The molecule has 0 saturated carbocycles. The summed E-state index contributed by atoms with van der Waals surface area (Å²) in [5.41, 5.74) is 1.41. The minimum Gasteiger partial charge on any atom is -0.461 e. The second kappa shape index (κ2) is 4.76. The number of thiophene rings is 1. The summed E-state index contributed by atoms with van der Waals surface area (Å²) >= 11 is 1.34. The summed E-state index contributed by atoms with van der Waals surface area (Å²) in [4.78, 5) is 24.4. The molecule has 0 unspecified atom stereocenters. The van der Waals surface area contributed by atoms with Crippen molar-refractivity contribution in [2.75, 3.05) is 6.61 Å². The third-order valence-corrected chi connectivity index (χ3v) is 4.38. The van der Waals surface area contributed by atoms with Crippen molar-refractivity contribution >= 4 is 38.7 Å². The van der Waals surface area contributed by atoms with Gasteiger partial charge in [-0.25, -0.2) is 4.79 Å². The molecule has 4 nitrogen and oxygen atoms in total. The number of nitrogens with zero attached hydrogens (tertiary/aromatic N) is 1. The predicted octanol–water partition coefficient (Wildman–Crippen LogP) is 3.53. The van der Waals surface area contributed by atoms with Gasteiger partial charge in [0, 0.05) is 11.6 Å². The lowest BCUT2D eigenvalue weighted by molar-refractivity contribution is 0.0521. The first-order chi connectivity index (χ1) is 9.63. The monoisotopic (exact) mass is 287 g/mol. The van der Waals surface area contributed by atoms with Gasteiger partial charge in [-0.3, -0.25) is 4.79 Å². The average Bonchev–Trinajstić information content (AvgIpc) is 2.95. The van der Waals surface area contributed by atoms with Crippen molar-refractivity contribution < 1.29 is 14.3 Å². The molecule has 0 atom stereocenters. The SMILES string of the molecule is CCOC(=O)c1c2sc(C(C)=O)cc2c2ccccn12. The van der Waals surface area contributed by atoms with Crippen LogP contribution in [0.2, 0.25) is 0 Å². The standard InChI is InChI=1S/C15H13NO3S/c1-3-19-15(18)13-14-10(8-12(20-14)9(2)17)11-6-4-5-7-16(11)13/h4-8H,3H2,1-2H3. The van der Waals surface area contributed by atoms with Gasteiger partial charge in [-0.1, -0.05) is 6.07 Å². The Morgan fingerprint density at radius 1 is 1.35 bits per heavy atom. The van der Waals surface area contributed by atoms with Crippen molar-refractivity contribution in [3.63, 3.8) is 0 Å². The maximum atomic E-state index is 12.2. The van der Waals surface area contributed by atoms with Gasteiger partial charge in [0.15, 0.2) is 5.78 Å². The molecule has 0 fully saturated rings. The number of hydrogen-bond donors (Lipinski definition) is 0. The Morgan fingerprint density at radius 3 is 2.85 bits per heavy atom. The predicted molar refractivity (Wildman–Crippen MR) is 78.7 cm³/mol. The molecule has 5 heteroatoms. The van der Waals surface area contributed by atoms with Gasteiger partial charge in [0.2, 0.25) is 0 Å². The fourth-order valence-electron chi connectivity index (χ4n) is 2.29. The average molecular weight is 287 g/mol. The smallest absolute Gasteiger partial charge is 0.356 e. The zero-order chi connectivity index (χ0) is 14.3. The highest BCUT2D eigenvalue weighted by Gasteiger charge is 2.22. The molecular formula is C15H13NO3S. The summed E-state index contributed by atoms with van der Waals surface area (Å²) in [6, 6.07) is 7.56. The third-order valence-electron chi connectivity index (χ3n) is 3.14. The van der Waals surface area contributed by atoms with Crippen molar-refractivity contribution in [3.8, 4) is 0 Å². The minimum atomic E-state index is -0.361. The molecule has 0 bridgehead atoms. The van der Waals surface area contributed by atoms with Crippen LogP contribution in [0.1, 0.15) is 34.0 Å². The van der Waals surface area contributed by atoms with E-state index in [9.17, 15) is 9.59 Å². The van der Waals surface area contributed by atoms with Crippen molar-refractivity contribution in [2.24, 2.45) is 0 Å². The number of rotatable bonds is 3. The van der Waals surface area contributed by atoms with Crippen LogP contribution in [0, 0.1) is 0 Å². The van der Waals surface area contributed by atoms with Crippen LogP contribution in [0.15, 0.2) is 30.5 Å². The number of ketones is 1. The molecule has 3 rings (SSSR count). The number of pyridine rings is 1. The second-order valence-electron chi connectivity index (χ2n) is 4.43. The van der Waals surface area contributed by atoms with E-state index in [1.807, 2.05) is 34.9 Å². The van der Waals surface area contributed by atoms with E-state index in [4.69, 9.17) is 4.74 Å². The van der Waals surface area contributed by atoms with E-state index in [0.717, 1.165) is 15.6 Å². The van der Waals surface area contributed by atoms with Crippen LogP contribution >= 0.6 is 11.3 Å². The highest BCUT2D eigenvalue weighted by Crippen LogP contribution is 2.34. The summed E-state index contributed by atoms with van der Waals surface area (Å²) in [6.45, 7) is 3.63. The van der Waals surface area contributed by atoms with Gasteiger partial charge < -0.3 is 9.14 Å². The highest BCUT2D eigenvalue weighted by molar-refractivity contribution is 7.21. The number of ether oxygens (including phenoxy) is 1. The van der Waals surface area contributed by atoms with Gasteiger partial charge >= 0.3 is 5.97 Å². The molecule has 3 heterocycles. The molecule has 20 heavy (non-hydrogen) atoms. The number of carbonyl (C=O) groups excluding carboxylic acids is 2. The summed E-state index contributed by atoms with van der Waals surface area (Å²) in [5, 5.41) is 0.920. The fraction of sp³-hybridized carbons (Fsp3) is 0.200. The molecular weight excluding hydrogens is 274 g/mol. The Hall–Kier alpha value is -2.14. The molecule has 0 aliphatic carbocycles. The van der Waals surface area contributed by atoms with E-state index in [0.29, 0.717) is 17.2 Å². The van der Waals surface area contributed by atoms with Crippen LogP contribution in [-0.4, -0.2) is 22.8 Å². The van der Waals surface area contributed by atoms with Gasteiger partial charge in [-0.15, -0.1) is 11.3 Å². The first kappa shape index (κ1) is 12.9. The third kappa shape index (κ3) is 1.82. The Bertz CT molecular complexity index is 828. The summed E-state index contributed by atoms with van der Waals surface area (Å²) in [6.07, 6.45) is 1.84. The lowest BCUT2D eigenvalue weighted by atomic mass is 10.2. The molecule has 0 aliphatic heterocycles. The van der Waals surface area contributed by atoms with Crippen LogP contribution in [0.5, 0.6) is 0 Å². The maximum absolute atomic E-state index is 12.2. The number of Topliss-reactive ketones (excluding diaryl/α,β-unsaturated/α-hetero) is 1. The largest absolute Gasteiger partial charge is 0.461 e. The van der Waals surface area contributed by atoms with Gasteiger partial charge in [0.1, 0.15) is 5.69 Å². The van der Waals surface area contributed by atoms with E-state index >= 15 is 0 Å². The molecule has 3 aromatic heterocycles. The molecule has 0 radical (unpaired) electrons. The summed E-state index contributed by atoms with van der Waals surface area (Å²) in [7, 11) is 0. The quantitative estimate of drug-likeness (QED) is 0.547. The van der Waals surface area contributed by atoms with Gasteiger partial charge in [-0.2, -0.15) is 0 Å². The number of esters is 1. The van der Waals surface area contributed by atoms with E-state index in [2.05, 4.69) is 0 Å². The molecule has 102 valence electrons. The Morgan fingerprint density at radius 2 is 2.15 bits per heavy atom. The van der Waals surface area contributed by atoms with Crippen LogP contribution in [0.4, 0.5) is 0 Å². The second-order valence-corrected chi connectivity index (χ2v) is 5.49. The Balaban J connectivity index is 2.37.